The first-order valence-electron chi connectivity index (χ1n) is 7.45. The summed E-state index contributed by atoms with van der Waals surface area (Å²) in [6.07, 6.45) is 6.55. The highest BCUT2D eigenvalue weighted by Gasteiger charge is 2.16. The summed E-state index contributed by atoms with van der Waals surface area (Å²) >= 11 is 0. The third-order valence-corrected chi connectivity index (χ3v) is 3.37. The fourth-order valence-corrected chi connectivity index (χ4v) is 2.08. The maximum Gasteiger partial charge on any atom is 0.379 e. The summed E-state index contributed by atoms with van der Waals surface area (Å²) in [5.74, 6) is -0.846. The number of methoxy groups -OCH3 is 1. The molecule has 0 aliphatic rings. The predicted octanol–water partition coefficient (Wildman–Crippen LogP) is 2.84. The third-order valence-electron chi connectivity index (χ3n) is 3.37. The van der Waals surface area contributed by atoms with Crippen molar-refractivity contribution in [3.05, 3.63) is 59.9 Å². The molecule has 0 spiro atoms. The van der Waals surface area contributed by atoms with Gasteiger partial charge in [-0.3, -0.25) is 9.78 Å². The first-order chi connectivity index (χ1) is 11.2. The lowest BCUT2D eigenvalue weighted by Gasteiger charge is -2.07. The molecule has 0 atom stereocenters. The van der Waals surface area contributed by atoms with Gasteiger partial charge in [0.1, 0.15) is 5.75 Å². The van der Waals surface area contributed by atoms with Crippen LogP contribution in [0.4, 0.5) is 0 Å². The Kier molecular flexibility index (Phi) is 6.29. The van der Waals surface area contributed by atoms with Crippen molar-refractivity contribution in [2.45, 2.75) is 19.3 Å². The number of hydrogen-bond donors (Lipinski definition) is 0. The van der Waals surface area contributed by atoms with Gasteiger partial charge in [-0.2, -0.15) is 0 Å². The van der Waals surface area contributed by atoms with E-state index in [2.05, 4.69) is 9.72 Å². The molecule has 1 aromatic heterocycles. The van der Waals surface area contributed by atoms with Crippen LogP contribution in [0.5, 0.6) is 5.75 Å². The summed E-state index contributed by atoms with van der Waals surface area (Å²) in [6, 6.07) is 10.5. The Balaban J connectivity index is 1.72. The van der Waals surface area contributed by atoms with Gasteiger partial charge in [0.15, 0.2) is 0 Å². The predicted molar refractivity (Wildman–Crippen MR) is 85.5 cm³/mol. The average Bonchev–Trinajstić information content (AvgIpc) is 2.61. The van der Waals surface area contributed by atoms with Crippen molar-refractivity contribution in [2.24, 2.45) is 0 Å². The number of aromatic nitrogens is 1. The summed E-state index contributed by atoms with van der Waals surface area (Å²) in [4.78, 5) is 26.7. The van der Waals surface area contributed by atoms with Gasteiger partial charge in [-0.05, 0) is 61.2 Å². The topological polar surface area (TPSA) is 65.5 Å². The zero-order valence-electron chi connectivity index (χ0n) is 13.0. The van der Waals surface area contributed by atoms with Crippen LogP contribution in [0.25, 0.3) is 0 Å². The highest BCUT2D eigenvalue weighted by Crippen LogP contribution is 2.14. The van der Waals surface area contributed by atoms with Crippen LogP contribution in [0, 0.1) is 0 Å². The fourth-order valence-electron chi connectivity index (χ4n) is 2.08. The van der Waals surface area contributed by atoms with Crippen molar-refractivity contribution in [1.29, 1.82) is 0 Å². The van der Waals surface area contributed by atoms with Crippen LogP contribution in [0.3, 0.4) is 0 Å². The van der Waals surface area contributed by atoms with E-state index in [4.69, 9.17) is 4.74 Å². The van der Waals surface area contributed by atoms with Crippen LogP contribution in [0.1, 0.15) is 28.8 Å². The molecule has 2 aromatic rings. The molecule has 0 amide bonds. The molecular weight excluding hydrogens is 294 g/mol. The van der Waals surface area contributed by atoms with E-state index < -0.39 is 11.8 Å². The van der Waals surface area contributed by atoms with Crippen molar-refractivity contribution < 1.29 is 19.1 Å². The minimum Gasteiger partial charge on any atom is -0.494 e. The molecule has 1 heterocycles. The van der Waals surface area contributed by atoms with E-state index in [1.165, 1.54) is 12.7 Å². The molecule has 0 unspecified atom stereocenters. The molecule has 1 aromatic carbocycles. The van der Waals surface area contributed by atoms with E-state index >= 15 is 0 Å². The molecule has 0 aliphatic carbocycles. The molecule has 23 heavy (non-hydrogen) atoms. The van der Waals surface area contributed by atoms with Crippen LogP contribution in [-0.2, 0) is 16.0 Å². The lowest BCUT2D eigenvalue weighted by Crippen LogP contribution is -2.15. The average molecular weight is 313 g/mol. The number of ketones is 1. The van der Waals surface area contributed by atoms with Crippen molar-refractivity contribution in [3.8, 4) is 5.75 Å². The van der Waals surface area contributed by atoms with Crippen molar-refractivity contribution in [2.75, 3.05) is 13.7 Å². The first kappa shape index (κ1) is 16.7. The molecule has 2 rings (SSSR count). The van der Waals surface area contributed by atoms with Gasteiger partial charge in [0.25, 0.3) is 5.78 Å². The molecule has 0 aliphatic heterocycles. The molecular formula is C18H19NO4. The zero-order valence-corrected chi connectivity index (χ0v) is 13.0. The highest BCUT2D eigenvalue weighted by atomic mass is 16.5. The van der Waals surface area contributed by atoms with Crippen LogP contribution in [0.2, 0.25) is 0 Å². The summed E-state index contributed by atoms with van der Waals surface area (Å²) < 4.78 is 10.0. The van der Waals surface area contributed by atoms with E-state index in [1.54, 1.807) is 36.7 Å². The SMILES string of the molecule is COC(=O)C(=O)c1ccc(OCCCCc2ccncc2)cc1. The number of ether oxygens (including phenoxy) is 2. The van der Waals surface area contributed by atoms with E-state index in [9.17, 15) is 9.59 Å². The lowest BCUT2D eigenvalue weighted by molar-refractivity contribution is -0.135. The van der Waals surface area contributed by atoms with Gasteiger partial charge in [-0.25, -0.2) is 4.79 Å². The number of Topliss-reactive ketones (excluding diaryl/α,β-unsaturated/α-hetero) is 1. The van der Waals surface area contributed by atoms with Crippen molar-refractivity contribution in [3.63, 3.8) is 0 Å². The van der Waals surface area contributed by atoms with E-state index in [1.807, 2.05) is 12.1 Å². The fraction of sp³-hybridized carbons (Fsp3) is 0.278. The van der Waals surface area contributed by atoms with E-state index in [-0.39, 0.29) is 0 Å². The summed E-state index contributed by atoms with van der Waals surface area (Å²) in [5, 5.41) is 0. The standard InChI is InChI=1S/C18H19NO4/c1-22-18(21)17(20)15-5-7-16(8-6-15)23-13-3-2-4-14-9-11-19-12-10-14/h5-12H,2-4,13H2,1H3. The van der Waals surface area contributed by atoms with Crippen LogP contribution in [-0.4, -0.2) is 30.5 Å². The van der Waals surface area contributed by atoms with Gasteiger partial charge in [-0.15, -0.1) is 0 Å². The minimum absolute atomic E-state index is 0.293. The maximum atomic E-state index is 11.6. The summed E-state index contributed by atoms with van der Waals surface area (Å²) in [6.45, 7) is 0.607. The van der Waals surface area contributed by atoms with Gasteiger partial charge in [-0.1, -0.05) is 0 Å². The van der Waals surface area contributed by atoms with Gasteiger partial charge in [0.05, 0.1) is 13.7 Å². The minimum atomic E-state index is -0.866. The monoisotopic (exact) mass is 313 g/mol. The Morgan fingerprint density at radius 2 is 1.70 bits per heavy atom. The van der Waals surface area contributed by atoms with Crippen LogP contribution >= 0.6 is 0 Å². The second-order valence-corrected chi connectivity index (χ2v) is 5.01. The van der Waals surface area contributed by atoms with Crippen LogP contribution < -0.4 is 4.74 Å². The van der Waals surface area contributed by atoms with E-state index in [0.717, 1.165) is 19.3 Å². The largest absolute Gasteiger partial charge is 0.494 e. The van der Waals surface area contributed by atoms with Crippen molar-refractivity contribution in [1.82, 2.24) is 4.98 Å². The smallest absolute Gasteiger partial charge is 0.379 e. The molecule has 0 radical (unpaired) electrons. The Bertz CT molecular complexity index is 638. The molecule has 0 saturated heterocycles. The number of nitrogens with zero attached hydrogens (tertiary/aromatic N) is 1. The second-order valence-electron chi connectivity index (χ2n) is 5.01. The van der Waals surface area contributed by atoms with Gasteiger partial charge >= 0.3 is 5.97 Å². The Morgan fingerprint density at radius 1 is 1.00 bits per heavy atom. The normalized spacial score (nSPS) is 10.1. The quantitative estimate of drug-likeness (QED) is 0.324. The molecule has 0 N–H and O–H groups in total. The summed E-state index contributed by atoms with van der Waals surface area (Å²) in [5.41, 5.74) is 1.56. The number of unbranched alkanes of at least 4 members (excludes halogenated alkanes) is 1. The number of benzene rings is 1. The Labute approximate surface area is 135 Å². The number of rotatable bonds is 8. The number of aryl methyl sites for hydroxylation is 1. The first-order valence-corrected chi connectivity index (χ1v) is 7.45. The molecule has 120 valence electrons. The third kappa shape index (κ3) is 5.21. The Hall–Kier alpha value is -2.69. The number of carbonyl (C=O) groups is 2. The second kappa shape index (κ2) is 8.68. The van der Waals surface area contributed by atoms with Crippen LogP contribution in [0.15, 0.2) is 48.8 Å². The van der Waals surface area contributed by atoms with Gasteiger partial charge < -0.3 is 9.47 Å². The van der Waals surface area contributed by atoms with Gasteiger partial charge in [0, 0.05) is 18.0 Å². The molecule has 5 nitrogen and oxygen atoms in total. The summed E-state index contributed by atoms with van der Waals surface area (Å²) in [7, 11) is 1.18. The number of hydrogen-bond acceptors (Lipinski definition) is 5. The molecule has 5 heteroatoms. The highest BCUT2D eigenvalue weighted by molar-refractivity contribution is 6.40. The number of esters is 1. The molecule has 0 saturated carbocycles. The maximum absolute atomic E-state index is 11.6. The molecule has 0 fully saturated rings. The zero-order chi connectivity index (χ0) is 16.5. The van der Waals surface area contributed by atoms with Crippen molar-refractivity contribution >= 4 is 11.8 Å². The number of carbonyl (C=O) groups excluding carboxylic acids is 2. The molecule has 0 bridgehead atoms. The Morgan fingerprint density at radius 3 is 2.35 bits per heavy atom. The lowest BCUT2D eigenvalue weighted by atomic mass is 10.1. The van der Waals surface area contributed by atoms with Gasteiger partial charge in [0.2, 0.25) is 0 Å². The number of pyridine rings is 1. The van der Waals surface area contributed by atoms with E-state index in [0.29, 0.717) is 17.9 Å².